The van der Waals surface area contributed by atoms with Crippen molar-refractivity contribution in [2.45, 2.75) is 12.8 Å². The second-order valence-corrected chi connectivity index (χ2v) is 19.7. The van der Waals surface area contributed by atoms with Crippen molar-refractivity contribution in [3.05, 3.63) is 104 Å². The van der Waals surface area contributed by atoms with Gasteiger partial charge in [0.05, 0.1) is 0 Å². The first-order valence-electron chi connectivity index (χ1n) is 8.51. The van der Waals surface area contributed by atoms with E-state index in [1.807, 2.05) is 0 Å². The van der Waals surface area contributed by atoms with E-state index in [0.29, 0.717) is 0 Å². The molecule has 2 aliphatic carbocycles. The zero-order chi connectivity index (χ0) is 16.2. The minimum atomic E-state index is -1.93. The zero-order valence-electron chi connectivity index (χ0n) is 14.4. The van der Waals surface area contributed by atoms with Gasteiger partial charge in [0.1, 0.15) is 0 Å². The molecule has 0 saturated heterocycles. The Kier molecular flexibility index (Phi) is 8.57. The first-order chi connectivity index (χ1) is 11.9. The van der Waals surface area contributed by atoms with E-state index in [-0.39, 0.29) is 24.8 Å². The molecule has 0 unspecified atom stereocenters. The van der Waals surface area contributed by atoms with Gasteiger partial charge in [-0.05, 0) is 0 Å². The van der Waals surface area contributed by atoms with Crippen LogP contribution in [0.15, 0.2) is 104 Å². The van der Waals surface area contributed by atoms with Crippen LogP contribution in [0.1, 0.15) is 12.8 Å². The van der Waals surface area contributed by atoms with E-state index in [2.05, 4.69) is 97.1 Å². The molecule has 26 heavy (non-hydrogen) atoms. The molecule has 0 N–H and O–H groups in total. The third kappa shape index (κ3) is 4.67. The summed E-state index contributed by atoms with van der Waals surface area (Å²) in [7, 11) is 0. The summed E-state index contributed by atoms with van der Waals surface area (Å²) in [6, 6.07) is 22.6. The molecule has 2 aromatic rings. The van der Waals surface area contributed by atoms with Crippen molar-refractivity contribution < 1.29 is 45.2 Å². The Morgan fingerprint density at radius 1 is 0.615 bits per heavy atom. The van der Waals surface area contributed by atoms with Crippen molar-refractivity contribution in [2.75, 3.05) is 0 Å². The maximum Gasteiger partial charge on any atom is -1.00 e. The predicted octanol–water partition coefficient (Wildman–Crippen LogP) is -1.89. The van der Waals surface area contributed by atoms with Gasteiger partial charge in [-0.3, -0.25) is 0 Å². The maximum atomic E-state index is 2.44. The van der Waals surface area contributed by atoms with E-state index in [0.717, 1.165) is 0 Å². The summed E-state index contributed by atoms with van der Waals surface area (Å²) >= 11 is -1.93. The quantitative estimate of drug-likeness (QED) is 0.455. The number of halogens is 2. The third-order valence-electron chi connectivity index (χ3n) is 4.56. The normalized spacial score (nSPS) is 13.8. The molecule has 130 valence electrons. The van der Waals surface area contributed by atoms with Gasteiger partial charge in [-0.25, -0.2) is 0 Å². The largest absolute Gasteiger partial charge is 1.00 e. The average Bonchev–Trinajstić information content (AvgIpc) is 3.35. The standard InChI is InChI=1S/C12H10Si.2C5H5.2ClH.Zr/c1-3-7-11(8-4-1)13-12-9-5-2-6-10-12;2*1-2-4-5-3-1;;;/h1-10H;2*1-3H,4H2;2*1H;/q;;;;;+2/p-2. The molecule has 0 heterocycles. The van der Waals surface area contributed by atoms with Gasteiger partial charge in [-0.15, -0.1) is 0 Å². The van der Waals surface area contributed by atoms with Crippen LogP contribution >= 0.6 is 0 Å². The Bertz CT molecular complexity index is 821. The Balaban J connectivity index is 0.00000121. The summed E-state index contributed by atoms with van der Waals surface area (Å²) < 4.78 is 3.54. The van der Waals surface area contributed by atoms with Gasteiger partial charge in [0.25, 0.3) is 0 Å². The van der Waals surface area contributed by atoms with E-state index >= 15 is 0 Å². The Morgan fingerprint density at radius 3 is 1.38 bits per heavy atom. The number of benzene rings is 2. The van der Waals surface area contributed by atoms with Crippen LogP contribution in [0.2, 0.25) is 0 Å². The number of hydrogen-bond donors (Lipinski definition) is 0. The molecule has 0 aromatic heterocycles. The fraction of sp³-hybridized carbons (Fsp3) is 0.0909. The number of rotatable bonds is 4. The molecule has 0 spiro atoms. The monoisotopic (exact) mass is 472 g/mol. The topological polar surface area (TPSA) is 0 Å². The molecule has 0 saturated carbocycles. The fourth-order valence-electron chi connectivity index (χ4n) is 3.46. The summed E-state index contributed by atoms with van der Waals surface area (Å²) in [6.45, 7) is 0. The average molecular weight is 475 g/mol. The second kappa shape index (κ2) is 10.4. The van der Waals surface area contributed by atoms with Crippen LogP contribution in [0.4, 0.5) is 0 Å². The van der Waals surface area contributed by atoms with E-state index in [4.69, 9.17) is 0 Å². The van der Waals surface area contributed by atoms with Crippen molar-refractivity contribution in [3.8, 4) is 0 Å². The first-order valence-corrected chi connectivity index (χ1v) is 16.2. The Morgan fingerprint density at radius 2 is 1.04 bits per heavy atom. The minimum Gasteiger partial charge on any atom is -1.00 e. The molecule has 0 nitrogen and oxygen atoms in total. The van der Waals surface area contributed by atoms with Crippen molar-refractivity contribution >= 4 is 15.8 Å². The van der Waals surface area contributed by atoms with Crippen molar-refractivity contribution in [1.29, 1.82) is 0 Å². The second-order valence-electron chi connectivity index (χ2n) is 6.13. The molecule has 2 aromatic carbocycles. The minimum absolute atomic E-state index is 0. The van der Waals surface area contributed by atoms with Gasteiger partial charge >= 0.3 is 153 Å². The smallest absolute Gasteiger partial charge is 1.00 e. The van der Waals surface area contributed by atoms with Gasteiger partial charge in [0.2, 0.25) is 0 Å². The van der Waals surface area contributed by atoms with E-state index in [1.54, 1.807) is 16.9 Å². The molecule has 0 aliphatic heterocycles. The SMILES string of the molecule is C1=CC[C]([Zr+2]([C]2=CC=CC2)=[Si](c2ccccc2)c2ccccc2)=C1.[Cl-].[Cl-]. The van der Waals surface area contributed by atoms with Gasteiger partial charge < -0.3 is 24.8 Å². The summed E-state index contributed by atoms with van der Waals surface area (Å²) in [5.41, 5.74) is -0.724. The molecule has 0 amide bonds. The van der Waals surface area contributed by atoms with Gasteiger partial charge in [-0.2, -0.15) is 0 Å². The molecule has 2 aliphatic rings. The molecule has 0 bridgehead atoms. The Labute approximate surface area is 176 Å². The molecule has 4 heteroatoms. The summed E-state index contributed by atoms with van der Waals surface area (Å²) in [5.74, 6) is 0. The van der Waals surface area contributed by atoms with E-state index < -0.39 is 25.8 Å². The van der Waals surface area contributed by atoms with Gasteiger partial charge in [0.15, 0.2) is 0 Å². The van der Waals surface area contributed by atoms with Crippen LogP contribution in [0, 0.1) is 0 Å². The van der Waals surface area contributed by atoms with Gasteiger partial charge in [0, 0.05) is 0 Å². The van der Waals surface area contributed by atoms with Crippen LogP contribution in [-0.2, 0) is 20.4 Å². The van der Waals surface area contributed by atoms with Crippen LogP contribution in [0.3, 0.4) is 0 Å². The number of hydrogen-bond acceptors (Lipinski definition) is 0. The van der Waals surface area contributed by atoms with Gasteiger partial charge in [-0.1, -0.05) is 0 Å². The van der Waals surface area contributed by atoms with Crippen LogP contribution in [0.25, 0.3) is 0 Å². The summed E-state index contributed by atoms with van der Waals surface area (Å²) in [4.78, 5) is 0. The zero-order valence-corrected chi connectivity index (χ0v) is 19.4. The fourth-order valence-corrected chi connectivity index (χ4v) is 23.6. The predicted molar refractivity (Wildman–Crippen MR) is 102 cm³/mol. The van der Waals surface area contributed by atoms with Crippen molar-refractivity contribution in [3.63, 3.8) is 0 Å². The van der Waals surface area contributed by atoms with E-state index in [1.165, 1.54) is 12.8 Å². The molecular formula is C22H20Cl2SiZr. The summed E-state index contributed by atoms with van der Waals surface area (Å²) in [6.07, 6.45) is 16.5. The molecule has 4 rings (SSSR count). The maximum absolute atomic E-state index is 2.44. The van der Waals surface area contributed by atoms with Crippen molar-refractivity contribution in [1.82, 2.24) is 0 Å². The third-order valence-corrected chi connectivity index (χ3v) is 23.6. The molecule has 0 fully saturated rings. The van der Waals surface area contributed by atoms with Crippen LogP contribution < -0.4 is 35.2 Å². The molecular weight excluding hydrogens is 454 g/mol. The van der Waals surface area contributed by atoms with E-state index in [9.17, 15) is 0 Å². The molecule has 0 atom stereocenters. The number of allylic oxidation sites excluding steroid dienone is 8. The van der Waals surface area contributed by atoms with Crippen molar-refractivity contribution in [2.24, 2.45) is 0 Å². The van der Waals surface area contributed by atoms with Crippen LogP contribution in [0.5, 0.6) is 0 Å². The first kappa shape index (κ1) is 21.4. The Hall–Kier alpha value is -0.920. The molecule has 0 radical (unpaired) electrons. The van der Waals surface area contributed by atoms with Crippen LogP contribution in [-0.4, -0.2) is 5.43 Å². The summed E-state index contributed by atoms with van der Waals surface area (Å²) in [5, 5.41) is 3.17.